The molecular weight excluding hydrogens is 400 g/mol. The van der Waals surface area contributed by atoms with Crippen molar-refractivity contribution in [2.45, 2.75) is 13.3 Å². The number of hydrogen-bond donors (Lipinski definition) is 1. The van der Waals surface area contributed by atoms with Crippen molar-refractivity contribution >= 4 is 23.2 Å². The molecule has 0 aliphatic carbocycles. The third kappa shape index (κ3) is 3.56. The maximum atomic E-state index is 12.9. The summed E-state index contributed by atoms with van der Waals surface area (Å²) >= 11 is 0. The molecule has 1 atom stereocenters. The topological polar surface area (TPSA) is 111 Å². The molecule has 3 aromatic rings. The number of fused-ring (bicyclic) bond motifs is 1. The van der Waals surface area contributed by atoms with Gasteiger partial charge in [-0.3, -0.25) is 9.59 Å². The van der Waals surface area contributed by atoms with E-state index in [0.29, 0.717) is 42.6 Å². The van der Waals surface area contributed by atoms with Gasteiger partial charge in [0.2, 0.25) is 11.8 Å². The molecule has 0 saturated carbocycles. The number of ether oxygens (including phenoxy) is 2. The lowest BCUT2D eigenvalue weighted by atomic mass is 10.1. The molecule has 3 heterocycles. The van der Waals surface area contributed by atoms with E-state index < -0.39 is 5.92 Å². The van der Waals surface area contributed by atoms with Gasteiger partial charge in [0.1, 0.15) is 19.5 Å². The molecule has 0 spiro atoms. The Morgan fingerprint density at radius 1 is 1.16 bits per heavy atom. The number of anilines is 2. The Kier molecular flexibility index (Phi) is 4.73. The average molecular weight is 420 g/mol. The quantitative estimate of drug-likeness (QED) is 0.684. The highest BCUT2D eigenvalue weighted by Gasteiger charge is 2.35. The second-order valence-corrected chi connectivity index (χ2v) is 7.43. The van der Waals surface area contributed by atoms with Crippen molar-refractivity contribution in [3.05, 3.63) is 48.3 Å². The first-order chi connectivity index (χ1) is 15.1. The van der Waals surface area contributed by atoms with Crippen LogP contribution >= 0.6 is 0 Å². The van der Waals surface area contributed by atoms with Crippen LogP contribution in [0.1, 0.15) is 12.0 Å². The minimum Gasteiger partial charge on any atom is -0.486 e. The fraction of sp³-hybridized carbons (Fsp3) is 0.286. The first-order valence-electron chi connectivity index (χ1n) is 9.94. The zero-order chi connectivity index (χ0) is 21.4. The Morgan fingerprint density at radius 3 is 2.81 bits per heavy atom. The maximum absolute atomic E-state index is 12.9. The third-order valence-electron chi connectivity index (χ3n) is 5.49. The lowest BCUT2D eigenvalue weighted by Gasteiger charge is -2.22. The summed E-state index contributed by atoms with van der Waals surface area (Å²) in [6, 6.07) is 10.9. The molecule has 2 aliphatic heterocycles. The van der Waals surface area contributed by atoms with Crippen molar-refractivity contribution in [2.24, 2.45) is 5.92 Å². The SMILES string of the molecule is Cc1c(NC(=O)C2CC(=O)N(c3ccc4c(c3)OCCO4)C2)cccc1-n1cnnn1. The fourth-order valence-electron chi connectivity index (χ4n) is 3.85. The minimum absolute atomic E-state index is 0.101. The monoisotopic (exact) mass is 420 g/mol. The van der Waals surface area contributed by atoms with Crippen LogP contribution in [0, 0.1) is 12.8 Å². The van der Waals surface area contributed by atoms with E-state index in [0.717, 1.165) is 11.3 Å². The predicted molar refractivity (Wildman–Crippen MR) is 110 cm³/mol. The van der Waals surface area contributed by atoms with Gasteiger partial charge in [0.05, 0.1) is 11.6 Å². The largest absolute Gasteiger partial charge is 0.486 e. The van der Waals surface area contributed by atoms with Crippen LogP contribution in [0.3, 0.4) is 0 Å². The number of tetrazole rings is 1. The summed E-state index contributed by atoms with van der Waals surface area (Å²) in [6.07, 6.45) is 1.64. The Labute approximate surface area is 177 Å². The van der Waals surface area contributed by atoms with Gasteiger partial charge in [-0.1, -0.05) is 6.07 Å². The summed E-state index contributed by atoms with van der Waals surface area (Å²) in [6.45, 7) is 3.16. The van der Waals surface area contributed by atoms with Gasteiger partial charge < -0.3 is 19.7 Å². The van der Waals surface area contributed by atoms with E-state index in [-0.39, 0.29) is 18.2 Å². The third-order valence-corrected chi connectivity index (χ3v) is 5.49. The van der Waals surface area contributed by atoms with Crippen molar-refractivity contribution in [1.29, 1.82) is 0 Å². The van der Waals surface area contributed by atoms with Gasteiger partial charge in [-0.25, -0.2) is 4.68 Å². The fourth-order valence-corrected chi connectivity index (χ4v) is 3.85. The van der Waals surface area contributed by atoms with E-state index in [1.54, 1.807) is 17.0 Å². The van der Waals surface area contributed by atoms with Crippen LogP contribution in [0.15, 0.2) is 42.7 Å². The van der Waals surface area contributed by atoms with E-state index in [9.17, 15) is 9.59 Å². The Balaban J connectivity index is 1.31. The first-order valence-corrected chi connectivity index (χ1v) is 9.94. The van der Waals surface area contributed by atoms with Crippen LogP contribution in [0.5, 0.6) is 11.5 Å². The molecule has 1 saturated heterocycles. The van der Waals surface area contributed by atoms with Gasteiger partial charge >= 0.3 is 0 Å². The molecule has 2 aliphatic rings. The van der Waals surface area contributed by atoms with Gasteiger partial charge in [-0.2, -0.15) is 0 Å². The highest BCUT2D eigenvalue weighted by atomic mass is 16.6. The number of carbonyl (C=O) groups is 2. The standard InChI is InChI=1S/C21H20N6O4/c1-13-16(3-2-4-17(13)27-12-22-24-25-27)23-21(29)14-9-20(28)26(11-14)15-5-6-18-19(10-15)31-8-7-30-18/h2-6,10,12,14H,7-9,11H2,1H3,(H,23,29). The molecule has 0 radical (unpaired) electrons. The highest BCUT2D eigenvalue weighted by molar-refractivity contribution is 6.04. The normalized spacial score (nSPS) is 17.6. The zero-order valence-corrected chi connectivity index (χ0v) is 16.8. The molecule has 10 heteroatoms. The first kappa shape index (κ1) is 19.0. The summed E-state index contributed by atoms with van der Waals surface area (Å²) in [5, 5.41) is 14.2. The number of amides is 2. The Morgan fingerprint density at radius 2 is 2.00 bits per heavy atom. The lowest BCUT2D eigenvalue weighted by Crippen LogP contribution is -2.28. The van der Waals surface area contributed by atoms with E-state index in [1.165, 1.54) is 11.0 Å². The highest BCUT2D eigenvalue weighted by Crippen LogP contribution is 2.36. The molecule has 1 aromatic heterocycles. The molecule has 158 valence electrons. The number of nitrogens with zero attached hydrogens (tertiary/aromatic N) is 5. The van der Waals surface area contributed by atoms with E-state index >= 15 is 0 Å². The van der Waals surface area contributed by atoms with Gasteiger partial charge in [-0.15, -0.1) is 5.10 Å². The van der Waals surface area contributed by atoms with Crippen molar-refractivity contribution in [2.75, 3.05) is 30.0 Å². The molecule has 10 nitrogen and oxygen atoms in total. The summed E-state index contributed by atoms with van der Waals surface area (Å²) in [5.74, 6) is 0.506. The molecule has 2 aromatic carbocycles. The number of benzene rings is 2. The number of aromatic nitrogens is 4. The maximum Gasteiger partial charge on any atom is 0.229 e. The molecule has 2 amide bonds. The average Bonchev–Trinajstić information content (AvgIpc) is 3.45. The van der Waals surface area contributed by atoms with Crippen molar-refractivity contribution in [3.63, 3.8) is 0 Å². The summed E-state index contributed by atoms with van der Waals surface area (Å²) in [7, 11) is 0. The summed E-state index contributed by atoms with van der Waals surface area (Å²) in [4.78, 5) is 27.2. The number of rotatable bonds is 4. The molecule has 0 bridgehead atoms. The Bertz CT molecular complexity index is 1150. The van der Waals surface area contributed by atoms with E-state index in [2.05, 4.69) is 20.8 Å². The predicted octanol–water partition coefficient (Wildman–Crippen LogP) is 1.73. The van der Waals surface area contributed by atoms with Gasteiger partial charge in [0, 0.05) is 30.4 Å². The van der Waals surface area contributed by atoms with Gasteiger partial charge in [-0.05, 0) is 47.2 Å². The minimum atomic E-state index is -0.461. The molecule has 1 unspecified atom stereocenters. The molecule has 1 fully saturated rings. The molecular formula is C21H20N6O4. The second-order valence-electron chi connectivity index (χ2n) is 7.43. The molecule has 5 rings (SSSR count). The van der Waals surface area contributed by atoms with Crippen molar-refractivity contribution in [3.8, 4) is 17.2 Å². The van der Waals surface area contributed by atoms with Crippen LogP contribution < -0.4 is 19.7 Å². The van der Waals surface area contributed by atoms with Crippen LogP contribution in [0.25, 0.3) is 5.69 Å². The van der Waals surface area contributed by atoms with Crippen LogP contribution in [-0.4, -0.2) is 51.8 Å². The van der Waals surface area contributed by atoms with E-state index in [4.69, 9.17) is 9.47 Å². The van der Waals surface area contributed by atoms with E-state index in [1.807, 2.05) is 31.2 Å². The number of carbonyl (C=O) groups excluding carboxylic acids is 2. The summed E-state index contributed by atoms with van der Waals surface area (Å²) in [5.41, 5.74) is 2.95. The lowest BCUT2D eigenvalue weighted by molar-refractivity contribution is -0.122. The van der Waals surface area contributed by atoms with Gasteiger partial charge in [0.25, 0.3) is 0 Å². The number of nitrogens with one attached hydrogen (secondary N) is 1. The van der Waals surface area contributed by atoms with Gasteiger partial charge in [0.15, 0.2) is 11.5 Å². The molecule has 1 N–H and O–H groups in total. The summed E-state index contributed by atoms with van der Waals surface area (Å²) < 4.78 is 12.7. The Hall–Kier alpha value is -3.95. The van der Waals surface area contributed by atoms with Crippen molar-refractivity contribution in [1.82, 2.24) is 20.2 Å². The molecule has 31 heavy (non-hydrogen) atoms. The number of hydrogen-bond acceptors (Lipinski definition) is 7. The van der Waals surface area contributed by atoms with Crippen LogP contribution in [0.4, 0.5) is 11.4 Å². The smallest absolute Gasteiger partial charge is 0.229 e. The van der Waals surface area contributed by atoms with Crippen molar-refractivity contribution < 1.29 is 19.1 Å². The zero-order valence-electron chi connectivity index (χ0n) is 16.8. The van der Waals surface area contributed by atoms with Crippen LogP contribution in [-0.2, 0) is 9.59 Å². The van der Waals surface area contributed by atoms with Crippen LogP contribution in [0.2, 0.25) is 0 Å². The second kappa shape index (κ2) is 7.71.